The van der Waals surface area contributed by atoms with E-state index in [-0.39, 0.29) is 5.91 Å². The summed E-state index contributed by atoms with van der Waals surface area (Å²) < 4.78 is 0. The van der Waals surface area contributed by atoms with Gasteiger partial charge >= 0.3 is 0 Å². The van der Waals surface area contributed by atoms with Gasteiger partial charge in [-0.3, -0.25) is 4.79 Å². The third-order valence-electron chi connectivity index (χ3n) is 3.90. The second-order valence-corrected chi connectivity index (χ2v) is 5.59. The molecular formula is C20H22N4O. The monoisotopic (exact) mass is 334 g/mol. The summed E-state index contributed by atoms with van der Waals surface area (Å²) in [4.78, 5) is 14.1. The first kappa shape index (κ1) is 18.2. The van der Waals surface area contributed by atoms with Crippen molar-refractivity contribution in [1.82, 2.24) is 5.43 Å². The summed E-state index contributed by atoms with van der Waals surface area (Å²) in [5, 5.41) is 12.8. The van der Waals surface area contributed by atoms with Gasteiger partial charge in [0.1, 0.15) is 0 Å². The molecule has 0 aliphatic heterocycles. The van der Waals surface area contributed by atoms with Gasteiger partial charge in [0, 0.05) is 24.3 Å². The number of rotatable bonds is 7. The number of nitrogens with one attached hydrogen (secondary N) is 1. The molecule has 0 fully saturated rings. The van der Waals surface area contributed by atoms with E-state index in [9.17, 15) is 4.79 Å². The van der Waals surface area contributed by atoms with Gasteiger partial charge in [-0.05, 0) is 49.2 Å². The first-order valence-electron chi connectivity index (χ1n) is 8.26. The molecule has 0 aliphatic carbocycles. The zero-order chi connectivity index (χ0) is 18.1. The Morgan fingerprint density at radius 2 is 2.04 bits per heavy atom. The quantitative estimate of drug-likeness (QED) is 0.622. The van der Waals surface area contributed by atoms with Crippen LogP contribution in [0.2, 0.25) is 0 Å². The number of amides is 1. The molecule has 0 unspecified atom stereocenters. The van der Waals surface area contributed by atoms with Crippen LogP contribution in [0.1, 0.15) is 34.8 Å². The van der Waals surface area contributed by atoms with E-state index >= 15 is 0 Å². The Morgan fingerprint density at radius 1 is 1.28 bits per heavy atom. The summed E-state index contributed by atoms with van der Waals surface area (Å²) >= 11 is 0. The van der Waals surface area contributed by atoms with Crippen molar-refractivity contribution in [2.75, 3.05) is 18.0 Å². The number of hydrogen-bond donors (Lipinski definition) is 1. The fourth-order valence-corrected chi connectivity index (χ4v) is 2.47. The Bertz CT molecular complexity index is 778. The Labute approximate surface area is 148 Å². The van der Waals surface area contributed by atoms with Crippen LogP contribution in [-0.2, 0) is 0 Å². The number of carbonyl (C=O) groups excluding carboxylic acids is 1. The van der Waals surface area contributed by atoms with Crippen molar-refractivity contribution in [3.63, 3.8) is 0 Å². The molecule has 2 aromatic carbocycles. The average molecular weight is 334 g/mol. The van der Waals surface area contributed by atoms with E-state index in [2.05, 4.69) is 34.5 Å². The Balaban J connectivity index is 2.03. The zero-order valence-electron chi connectivity index (χ0n) is 14.6. The fourth-order valence-electron chi connectivity index (χ4n) is 2.47. The highest BCUT2D eigenvalue weighted by Gasteiger charge is 2.06. The van der Waals surface area contributed by atoms with Gasteiger partial charge in [0.15, 0.2) is 0 Å². The lowest BCUT2D eigenvalue weighted by Gasteiger charge is -2.22. The average Bonchev–Trinajstić information content (AvgIpc) is 2.64. The van der Waals surface area contributed by atoms with Gasteiger partial charge in [-0.1, -0.05) is 24.3 Å². The predicted octanol–water partition coefficient (Wildman–Crippen LogP) is 3.50. The molecule has 0 spiro atoms. The minimum Gasteiger partial charge on any atom is -0.371 e. The predicted molar refractivity (Wildman–Crippen MR) is 101 cm³/mol. The number of carbonyl (C=O) groups is 1. The van der Waals surface area contributed by atoms with Crippen LogP contribution in [0.5, 0.6) is 0 Å². The van der Waals surface area contributed by atoms with Gasteiger partial charge in [-0.25, -0.2) is 5.43 Å². The summed E-state index contributed by atoms with van der Waals surface area (Å²) in [6.45, 7) is 5.64. The van der Waals surface area contributed by atoms with E-state index in [4.69, 9.17) is 5.26 Å². The molecule has 0 aliphatic rings. The lowest BCUT2D eigenvalue weighted by Crippen LogP contribution is -2.23. The molecule has 0 heterocycles. The van der Waals surface area contributed by atoms with E-state index in [0.29, 0.717) is 18.5 Å². The summed E-state index contributed by atoms with van der Waals surface area (Å²) in [6, 6.07) is 17.2. The smallest absolute Gasteiger partial charge is 0.271 e. The SMILES string of the molecule is CCN(CCC#N)c1ccc(/C=N\NC(=O)c2ccccc2)c(C)c1. The van der Waals surface area contributed by atoms with Crippen molar-refractivity contribution in [2.24, 2.45) is 5.10 Å². The van der Waals surface area contributed by atoms with Crippen LogP contribution in [0.25, 0.3) is 0 Å². The molecular weight excluding hydrogens is 312 g/mol. The number of nitrogens with zero attached hydrogens (tertiary/aromatic N) is 3. The van der Waals surface area contributed by atoms with Crippen molar-refractivity contribution < 1.29 is 4.79 Å². The molecule has 0 bridgehead atoms. The molecule has 0 aromatic heterocycles. The molecule has 2 rings (SSSR count). The Morgan fingerprint density at radius 3 is 2.68 bits per heavy atom. The van der Waals surface area contributed by atoms with Gasteiger partial charge in [0.25, 0.3) is 5.91 Å². The molecule has 0 saturated carbocycles. The Kier molecular flexibility index (Phi) is 6.73. The molecule has 0 atom stereocenters. The van der Waals surface area contributed by atoms with Crippen molar-refractivity contribution in [3.8, 4) is 6.07 Å². The van der Waals surface area contributed by atoms with Gasteiger partial charge in [0.2, 0.25) is 0 Å². The van der Waals surface area contributed by atoms with Gasteiger partial charge < -0.3 is 4.90 Å². The molecule has 2 aromatic rings. The highest BCUT2D eigenvalue weighted by atomic mass is 16.2. The molecule has 5 heteroatoms. The van der Waals surface area contributed by atoms with Gasteiger partial charge in [0.05, 0.1) is 18.7 Å². The molecule has 1 amide bonds. The van der Waals surface area contributed by atoms with E-state index in [0.717, 1.165) is 23.4 Å². The number of hydrazone groups is 1. The standard InChI is InChI=1S/C20H22N4O/c1-3-24(13-7-12-21)19-11-10-18(16(2)14-19)15-22-23-20(25)17-8-5-4-6-9-17/h4-6,8-11,14-15H,3,7,13H2,1-2H3,(H,23,25)/b22-15-. The van der Waals surface area contributed by atoms with Crippen LogP contribution in [0, 0.1) is 18.3 Å². The van der Waals surface area contributed by atoms with Crippen LogP contribution >= 0.6 is 0 Å². The topological polar surface area (TPSA) is 68.5 Å². The normalized spacial score (nSPS) is 10.4. The fraction of sp³-hybridized carbons (Fsp3) is 0.250. The van der Waals surface area contributed by atoms with E-state index in [1.807, 2.05) is 37.3 Å². The van der Waals surface area contributed by atoms with Crippen LogP contribution in [0.15, 0.2) is 53.6 Å². The molecule has 25 heavy (non-hydrogen) atoms. The minimum atomic E-state index is -0.236. The summed E-state index contributed by atoms with van der Waals surface area (Å²) in [7, 11) is 0. The maximum absolute atomic E-state index is 11.9. The maximum atomic E-state index is 11.9. The van der Waals surface area contributed by atoms with Crippen molar-refractivity contribution in [3.05, 3.63) is 65.2 Å². The maximum Gasteiger partial charge on any atom is 0.271 e. The van der Waals surface area contributed by atoms with E-state index in [1.165, 1.54) is 0 Å². The molecule has 128 valence electrons. The first-order valence-corrected chi connectivity index (χ1v) is 8.26. The second-order valence-electron chi connectivity index (χ2n) is 5.59. The summed E-state index contributed by atoms with van der Waals surface area (Å²) in [5.41, 5.74) is 6.19. The summed E-state index contributed by atoms with van der Waals surface area (Å²) in [6.07, 6.45) is 2.15. The van der Waals surface area contributed by atoms with Gasteiger partial charge in [-0.15, -0.1) is 0 Å². The van der Waals surface area contributed by atoms with Gasteiger partial charge in [-0.2, -0.15) is 10.4 Å². The van der Waals surface area contributed by atoms with Crippen LogP contribution < -0.4 is 10.3 Å². The highest BCUT2D eigenvalue weighted by Crippen LogP contribution is 2.18. The molecule has 1 N–H and O–H groups in total. The largest absolute Gasteiger partial charge is 0.371 e. The van der Waals surface area contributed by atoms with Crippen LogP contribution in [0.3, 0.4) is 0 Å². The van der Waals surface area contributed by atoms with E-state index in [1.54, 1.807) is 18.3 Å². The molecule has 0 radical (unpaired) electrons. The molecule has 5 nitrogen and oxygen atoms in total. The van der Waals surface area contributed by atoms with Crippen LogP contribution in [0.4, 0.5) is 5.69 Å². The highest BCUT2D eigenvalue weighted by molar-refractivity contribution is 5.95. The third kappa shape index (κ3) is 5.18. The number of aryl methyl sites for hydroxylation is 1. The minimum absolute atomic E-state index is 0.236. The zero-order valence-corrected chi connectivity index (χ0v) is 14.6. The summed E-state index contributed by atoms with van der Waals surface area (Å²) in [5.74, 6) is -0.236. The number of nitriles is 1. The Hall–Kier alpha value is -3.13. The first-order chi connectivity index (χ1) is 12.2. The lowest BCUT2D eigenvalue weighted by atomic mass is 10.1. The van der Waals surface area contributed by atoms with Crippen molar-refractivity contribution >= 4 is 17.8 Å². The number of anilines is 1. The lowest BCUT2D eigenvalue weighted by molar-refractivity contribution is 0.0955. The molecule has 0 saturated heterocycles. The van der Waals surface area contributed by atoms with Crippen LogP contribution in [-0.4, -0.2) is 25.2 Å². The number of benzene rings is 2. The van der Waals surface area contributed by atoms with E-state index < -0.39 is 0 Å². The van der Waals surface area contributed by atoms with Crippen molar-refractivity contribution in [2.45, 2.75) is 20.3 Å². The van der Waals surface area contributed by atoms with Crippen molar-refractivity contribution in [1.29, 1.82) is 5.26 Å². The second kappa shape index (κ2) is 9.24. The third-order valence-corrected chi connectivity index (χ3v) is 3.90. The number of hydrogen-bond acceptors (Lipinski definition) is 4.